The number of aromatic nitrogens is 2. The summed E-state index contributed by atoms with van der Waals surface area (Å²) >= 11 is 3.05. The molecule has 0 aliphatic carbocycles. The highest BCUT2D eigenvalue weighted by Crippen LogP contribution is 2.32. The van der Waals surface area contributed by atoms with Crippen molar-refractivity contribution in [3.63, 3.8) is 0 Å². The van der Waals surface area contributed by atoms with Crippen LogP contribution in [0.5, 0.6) is 0 Å². The number of hydrogen-bond donors (Lipinski definition) is 0. The first-order chi connectivity index (χ1) is 16.7. The minimum absolute atomic E-state index is 0.767. The lowest BCUT2D eigenvalue weighted by molar-refractivity contribution is 1.26. The second-order valence-corrected chi connectivity index (χ2v) is 10.9. The van der Waals surface area contributed by atoms with Gasteiger partial charge in [0.25, 0.3) is 0 Å². The molecule has 4 rings (SSSR count). The van der Waals surface area contributed by atoms with Gasteiger partial charge in [0.2, 0.25) is 0 Å². The Hall–Kier alpha value is -2.66. The standard InChI is InChI=1S/C24H20N6S4/c1-31-23(29-25-15-19-13-11-17-7-3-5-9-21(17)27-19)33-34-24(32-2)30-26-16-20-14-12-18-8-4-6-10-22(18)28-20/h3-16H,1-2H3/b25-15+,26-16?,29-23+,30-24-. The van der Waals surface area contributed by atoms with Gasteiger partial charge >= 0.3 is 0 Å². The number of fused-ring (bicyclic) bond motifs is 2. The van der Waals surface area contributed by atoms with Gasteiger partial charge in [-0.15, -0.1) is 33.7 Å². The van der Waals surface area contributed by atoms with E-state index >= 15 is 0 Å². The average molecular weight is 521 g/mol. The molecule has 0 spiro atoms. The van der Waals surface area contributed by atoms with Crippen molar-refractivity contribution in [2.75, 3.05) is 12.5 Å². The summed E-state index contributed by atoms with van der Waals surface area (Å²) in [5.74, 6) is 0. The van der Waals surface area contributed by atoms with Crippen LogP contribution in [0, 0.1) is 0 Å². The van der Waals surface area contributed by atoms with Gasteiger partial charge in [0.15, 0.2) is 8.75 Å². The van der Waals surface area contributed by atoms with Crippen molar-refractivity contribution in [2.45, 2.75) is 0 Å². The molecule has 0 saturated carbocycles. The van der Waals surface area contributed by atoms with E-state index in [9.17, 15) is 0 Å². The second-order valence-electron chi connectivity index (χ2n) is 6.65. The smallest absolute Gasteiger partial charge is 0.163 e. The molecular formula is C24H20N6S4. The third-order valence-electron chi connectivity index (χ3n) is 4.43. The molecule has 0 unspecified atom stereocenters. The molecule has 0 aliphatic rings. The van der Waals surface area contributed by atoms with E-state index in [1.807, 2.05) is 85.3 Å². The molecule has 2 aromatic carbocycles. The lowest BCUT2D eigenvalue weighted by Crippen LogP contribution is -1.89. The third-order valence-corrected chi connectivity index (χ3v) is 9.16. The van der Waals surface area contributed by atoms with Crippen molar-refractivity contribution in [1.29, 1.82) is 0 Å². The molecule has 0 amide bonds. The molecule has 6 nitrogen and oxygen atoms in total. The molecule has 4 aromatic rings. The molecule has 10 heteroatoms. The molecule has 170 valence electrons. The Morgan fingerprint density at radius 3 is 1.50 bits per heavy atom. The topological polar surface area (TPSA) is 75.2 Å². The summed E-state index contributed by atoms with van der Waals surface area (Å²) < 4.78 is 1.62. The molecule has 0 aliphatic heterocycles. The number of hydrogen-bond acceptors (Lipinski definition) is 10. The number of thioether (sulfide) groups is 2. The van der Waals surface area contributed by atoms with Crippen LogP contribution >= 0.6 is 45.1 Å². The average Bonchev–Trinajstić information content (AvgIpc) is 2.89. The quantitative estimate of drug-likeness (QED) is 0.125. The highest BCUT2D eigenvalue weighted by Gasteiger charge is 2.05. The molecule has 2 heterocycles. The Labute approximate surface area is 214 Å². The predicted molar refractivity (Wildman–Crippen MR) is 156 cm³/mol. The number of pyridine rings is 2. The predicted octanol–water partition coefficient (Wildman–Crippen LogP) is 6.97. The van der Waals surface area contributed by atoms with Gasteiger partial charge in [0.05, 0.1) is 34.9 Å². The van der Waals surface area contributed by atoms with Gasteiger partial charge in [-0.3, -0.25) is 0 Å². The molecule has 0 radical (unpaired) electrons. The number of benzene rings is 2. The first-order valence-electron chi connectivity index (χ1n) is 10.1. The summed E-state index contributed by atoms with van der Waals surface area (Å²) in [5.41, 5.74) is 3.41. The Morgan fingerprint density at radius 2 is 1.06 bits per heavy atom. The Balaban J connectivity index is 1.36. The molecule has 2 aromatic heterocycles. The first kappa shape index (κ1) is 24.5. The summed E-state index contributed by atoms with van der Waals surface area (Å²) in [6, 6.07) is 23.9. The molecule has 0 bridgehead atoms. The SMILES string of the molecule is CS/C(=N/N=Cc1ccc2ccccc2n1)SS/C(=N/N=C/c1ccc2ccccc2n1)SC. The minimum Gasteiger partial charge on any atom is -0.247 e. The van der Waals surface area contributed by atoms with E-state index in [2.05, 4.69) is 30.4 Å². The van der Waals surface area contributed by atoms with Gasteiger partial charge in [-0.05, 0) is 58.4 Å². The van der Waals surface area contributed by atoms with Crippen LogP contribution in [0.25, 0.3) is 21.8 Å². The summed E-state index contributed by atoms with van der Waals surface area (Å²) in [5, 5.41) is 19.3. The fourth-order valence-corrected chi connectivity index (χ4v) is 6.40. The van der Waals surface area contributed by atoms with E-state index in [1.54, 1.807) is 12.4 Å². The van der Waals surface area contributed by atoms with Crippen molar-refractivity contribution in [3.8, 4) is 0 Å². The van der Waals surface area contributed by atoms with Crippen LogP contribution in [0.3, 0.4) is 0 Å². The molecule has 34 heavy (non-hydrogen) atoms. The highest BCUT2D eigenvalue weighted by molar-refractivity contribution is 8.93. The van der Waals surface area contributed by atoms with Crippen LogP contribution in [0.1, 0.15) is 11.4 Å². The van der Waals surface area contributed by atoms with Gasteiger partial charge in [0, 0.05) is 10.8 Å². The summed E-state index contributed by atoms with van der Waals surface area (Å²) in [6.07, 6.45) is 7.27. The van der Waals surface area contributed by atoms with Crippen LogP contribution in [-0.2, 0) is 0 Å². The first-order valence-corrected chi connectivity index (χ1v) is 14.7. The lowest BCUT2D eigenvalue weighted by Gasteiger charge is -2.01. The minimum atomic E-state index is 0.767. The Morgan fingerprint density at radius 1 is 0.618 bits per heavy atom. The normalized spacial score (nSPS) is 13.0. The maximum atomic E-state index is 4.58. The zero-order chi connectivity index (χ0) is 23.6. The molecular weight excluding hydrogens is 501 g/mol. The van der Waals surface area contributed by atoms with Gasteiger partial charge in [-0.1, -0.05) is 48.5 Å². The van der Waals surface area contributed by atoms with E-state index in [0.717, 1.165) is 41.9 Å². The second kappa shape index (κ2) is 12.7. The van der Waals surface area contributed by atoms with Crippen LogP contribution < -0.4 is 0 Å². The maximum absolute atomic E-state index is 4.58. The van der Waals surface area contributed by atoms with Crippen LogP contribution in [0.15, 0.2) is 93.2 Å². The maximum Gasteiger partial charge on any atom is 0.163 e. The van der Waals surface area contributed by atoms with Crippen LogP contribution in [-0.4, -0.2) is 43.7 Å². The van der Waals surface area contributed by atoms with Crippen molar-refractivity contribution in [3.05, 3.63) is 84.2 Å². The monoisotopic (exact) mass is 520 g/mol. The fourth-order valence-electron chi connectivity index (χ4n) is 2.83. The van der Waals surface area contributed by atoms with Crippen LogP contribution in [0.4, 0.5) is 0 Å². The summed E-state index contributed by atoms with van der Waals surface area (Å²) in [4.78, 5) is 9.16. The van der Waals surface area contributed by atoms with Gasteiger partial charge in [-0.2, -0.15) is 10.2 Å². The van der Waals surface area contributed by atoms with Gasteiger partial charge in [-0.25, -0.2) is 9.97 Å². The Bertz CT molecular complexity index is 1290. The van der Waals surface area contributed by atoms with Crippen molar-refractivity contribution in [1.82, 2.24) is 9.97 Å². The molecule has 0 saturated heterocycles. The highest BCUT2D eigenvalue weighted by atomic mass is 33.1. The summed E-state index contributed by atoms with van der Waals surface area (Å²) in [6.45, 7) is 0. The van der Waals surface area contributed by atoms with Crippen molar-refractivity contribution in [2.24, 2.45) is 20.4 Å². The zero-order valence-corrected chi connectivity index (χ0v) is 21.7. The van der Waals surface area contributed by atoms with E-state index in [0.29, 0.717) is 0 Å². The fraction of sp³-hybridized carbons (Fsp3) is 0.0833. The van der Waals surface area contributed by atoms with E-state index in [4.69, 9.17) is 0 Å². The van der Waals surface area contributed by atoms with Crippen LogP contribution in [0.2, 0.25) is 0 Å². The summed E-state index contributed by atoms with van der Waals surface area (Å²) in [7, 11) is 2.99. The van der Waals surface area contributed by atoms with Crippen molar-refractivity contribution < 1.29 is 0 Å². The number of nitrogens with zero attached hydrogens (tertiary/aromatic N) is 6. The van der Waals surface area contributed by atoms with Gasteiger partial charge < -0.3 is 0 Å². The number of para-hydroxylation sites is 2. The van der Waals surface area contributed by atoms with E-state index in [1.165, 1.54) is 45.1 Å². The largest absolute Gasteiger partial charge is 0.247 e. The molecule has 0 N–H and O–H groups in total. The number of rotatable bonds is 4. The zero-order valence-electron chi connectivity index (χ0n) is 18.4. The Kier molecular flexibility index (Phi) is 9.14. The lowest BCUT2D eigenvalue weighted by atomic mass is 10.2. The van der Waals surface area contributed by atoms with E-state index in [-0.39, 0.29) is 0 Å². The van der Waals surface area contributed by atoms with E-state index < -0.39 is 0 Å². The third kappa shape index (κ3) is 6.92. The van der Waals surface area contributed by atoms with Gasteiger partial charge in [0.1, 0.15) is 0 Å². The van der Waals surface area contributed by atoms with Crippen molar-refractivity contribution >= 4 is 88.1 Å². The molecule has 0 fully saturated rings. The molecule has 0 atom stereocenters.